The molecule has 4 rings (SSSR count). The number of amides is 1. The number of benzene rings is 1. The van der Waals surface area contributed by atoms with Crippen LogP contribution >= 0.6 is 0 Å². The molecule has 0 saturated carbocycles. The fourth-order valence-corrected chi connectivity index (χ4v) is 6.07. The minimum absolute atomic E-state index is 0.217. The molecule has 2 atom stereocenters. The van der Waals surface area contributed by atoms with Gasteiger partial charge in [0.15, 0.2) is 0 Å². The number of sulfonamides is 1. The summed E-state index contributed by atoms with van der Waals surface area (Å²) in [6, 6.07) is 7.09. The predicted octanol–water partition coefficient (Wildman–Crippen LogP) is 1.47. The number of hydrogen-bond donors (Lipinski definition) is 1. The Morgan fingerprint density at radius 3 is 2.26 bits per heavy atom. The molecule has 1 aromatic carbocycles. The van der Waals surface area contributed by atoms with Gasteiger partial charge in [-0.15, -0.1) is 0 Å². The highest BCUT2D eigenvalue weighted by Crippen LogP contribution is 2.27. The number of carbonyl (C=O) groups excluding carboxylic acids is 1. The summed E-state index contributed by atoms with van der Waals surface area (Å²) in [7, 11) is -3.38. The highest BCUT2D eigenvalue weighted by molar-refractivity contribution is 7.89. The van der Waals surface area contributed by atoms with Crippen molar-refractivity contribution in [3.8, 4) is 0 Å². The third kappa shape index (κ3) is 4.05. The largest absolute Gasteiger partial charge is 0.342 e. The molecule has 6 nitrogen and oxygen atoms in total. The van der Waals surface area contributed by atoms with Gasteiger partial charge in [-0.25, -0.2) is 8.42 Å². The minimum atomic E-state index is -3.38. The monoisotopic (exact) mass is 391 g/mol. The van der Waals surface area contributed by atoms with E-state index in [4.69, 9.17) is 0 Å². The second kappa shape index (κ2) is 7.89. The number of rotatable bonds is 5. The summed E-state index contributed by atoms with van der Waals surface area (Å²) in [6.07, 6.45) is 4.13. The number of nitrogens with zero attached hydrogens (tertiary/aromatic N) is 2. The van der Waals surface area contributed by atoms with Gasteiger partial charge in [-0.3, -0.25) is 4.79 Å². The first-order valence-electron chi connectivity index (χ1n) is 10.1. The summed E-state index contributed by atoms with van der Waals surface area (Å²) < 4.78 is 27.0. The van der Waals surface area contributed by atoms with E-state index in [0.29, 0.717) is 42.7 Å². The smallest absolute Gasteiger partial charge is 0.243 e. The molecule has 1 N–H and O–H groups in total. The average Bonchev–Trinajstić information content (AvgIpc) is 3.29. The van der Waals surface area contributed by atoms with E-state index in [-0.39, 0.29) is 5.91 Å². The van der Waals surface area contributed by atoms with Crippen LogP contribution in [0.15, 0.2) is 29.2 Å². The molecule has 3 fully saturated rings. The van der Waals surface area contributed by atoms with Crippen molar-refractivity contribution < 1.29 is 13.2 Å². The van der Waals surface area contributed by atoms with Gasteiger partial charge in [0.2, 0.25) is 15.9 Å². The lowest BCUT2D eigenvalue weighted by molar-refractivity contribution is -0.130. The van der Waals surface area contributed by atoms with Gasteiger partial charge in [0, 0.05) is 45.7 Å². The Hall–Kier alpha value is -1.44. The molecule has 0 unspecified atom stereocenters. The van der Waals surface area contributed by atoms with Crippen molar-refractivity contribution in [2.24, 2.45) is 11.8 Å². The van der Waals surface area contributed by atoms with Crippen LogP contribution in [0.4, 0.5) is 0 Å². The predicted molar refractivity (Wildman–Crippen MR) is 104 cm³/mol. The first kappa shape index (κ1) is 18.9. The minimum Gasteiger partial charge on any atom is -0.342 e. The van der Waals surface area contributed by atoms with Crippen LogP contribution in [0.2, 0.25) is 0 Å². The maximum absolute atomic E-state index is 12.7. The molecular formula is C20H29N3O3S. The first-order chi connectivity index (χ1) is 13.0. The van der Waals surface area contributed by atoms with Gasteiger partial charge in [-0.1, -0.05) is 18.6 Å². The quantitative estimate of drug-likeness (QED) is 0.825. The maximum atomic E-state index is 12.7. The van der Waals surface area contributed by atoms with E-state index in [1.165, 1.54) is 0 Å². The third-order valence-corrected chi connectivity index (χ3v) is 8.16. The van der Waals surface area contributed by atoms with E-state index >= 15 is 0 Å². The van der Waals surface area contributed by atoms with Crippen molar-refractivity contribution in [1.82, 2.24) is 14.5 Å². The van der Waals surface area contributed by atoms with Crippen molar-refractivity contribution in [2.75, 3.05) is 39.3 Å². The number of carbonyl (C=O) groups is 1. The Morgan fingerprint density at radius 1 is 1.00 bits per heavy atom. The molecule has 0 radical (unpaired) electrons. The highest BCUT2D eigenvalue weighted by atomic mass is 32.2. The van der Waals surface area contributed by atoms with Crippen molar-refractivity contribution in [1.29, 1.82) is 0 Å². The van der Waals surface area contributed by atoms with Gasteiger partial charge in [-0.2, -0.15) is 4.31 Å². The number of piperidine rings is 1. The van der Waals surface area contributed by atoms with Crippen LogP contribution < -0.4 is 5.32 Å². The third-order valence-electron chi connectivity index (χ3n) is 6.25. The summed E-state index contributed by atoms with van der Waals surface area (Å²) >= 11 is 0. The lowest BCUT2D eigenvalue weighted by atomic mass is 10.0. The number of nitrogens with one attached hydrogen (secondary N) is 1. The zero-order valence-electron chi connectivity index (χ0n) is 15.8. The van der Waals surface area contributed by atoms with Crippen molar-refractivity contribution in [3.63, 3.8) is 0 Å². The molecule has 7 heteroatoms. The van der Waals surface area contributed by atoms with Gasteiger partial charge in [0.1, 0.15) is 0 Å². The topological polar surface area (TPSA) is 69.7 Å². The SMILES string of the molecule is O=C(CCc1ccc(S(=O)(=O)N2CCCCC2)cc1)N1C[C@H]2CNC[C@H]2C1. The molecular weight excluding hydrogens is 362 g/mol. The van der Waals surface area contributed by atoms with Gasteiger partial charge in [0.05, 0.1) is 4.90 Å². The van der Waals surface area contributed by atoms with E-state index < -0.39 is 10.0 Å². The van der Waals surface area contributed by atoms with Crippen molar-refractivity contribution in [3.05, 3.63) is 29.8 Å². The summed E-state index contributed by atoms with van der Waals surface area (Å²) in [5, 5.41) is 3.39. The molecule has 3 aliphatic heterocycles. The number of fused-ring (bicyclic) bond motifs is 1. The normalized spacial score (nSPS) is 26.3. The molecule has 148 valence electrons. The van der Waals surface area contributed by atoms with Crippen LogP contribution in [-0.2, 0) is 21.2 Å². The van der Waals surface area contributed by atoms with Gasteiger partial charge >= 0.3 is 0 Å². The molecule has 0 aromatic heterocycles. The van der Waals surface area contributed by atoms with Crippen molar-refractivity contribution >= 4 is 15.9 Å². The summed E-state index contributed by atoms with van der Waals surface area (Å²) in [4.78, 5) is 14.9. The Bertz CT molecular complexity index is 760. The Balaban J connectivity index is 1.32. The Morgan fingerprint density at radius 2 is 1.63 bits per heavy atom. The van der Waals surface area contributed by atoms with Crippen LogP contribution in [0.1, 0.15) is 31.2 Å². The fraction of sp³-hybridized carbons (Fsp3) is 0.650. The average molecular weight is 392 g/mol. The molecule has 0 aliphatic carbocycles. The number of aryl methyl sites for hydroxylation is 1. The standard InChI is InChI=1S/C20H29N3O3S/c24-20(22-14-17-12-21-13-18(17)15-22)9-6-16-4-7-19(8-5-16)27(25,26)23-10-2-1-3-11-23/h4-5,7-8,17-18,21H,1-3,6,9-15H2/t17-,18+. The van der Waals surface area contributed by atoms with Crippen LogP contribution in [0.3, 0.4) is 0 Å². The van der Waals surface area contributed by atoms with E-state index in [2.05, 4.69) is 5.32 Å². The first-order valence-corrected chi connectivity index (χ1v) is 11.6. The number of likely N-dealkylation sites (tertiary alicyclic amines) is 1. The van der Waals surface area contributed by atoms with Gasteiger partial charge in [-0.05, 0) is 48.8 Å². The lowest BCUT2D eigenvalue weighted by Crippen LogP contribution is -2.35. The maximum Gasteiger partial charge on any atom is 0.243 e. The fourth-order valence-electron chi connectivity index (χ4n) is 4.55. The van der Waals surface area contributed by atoms with Gasteiger partial charge in [0.25, 0.3) is 0 Å². The summed E-state index contributed by atoms with van der Waals surface area (Å²) in [5.41, 5.74) is 1.02. The summed E-state index contributed by atoms with van der Waals surface area (Å²) in [6.45, 7) is 5.05. The van der Waals surface area contributed by atoms with E-state index in [1.54, 1.807) is 16.4 Å². The number of hydrogen-bond acceptors (Lipinski definition) is 4. The molecule has 0 bridgehead atoms. The Kier molecular flexibility index (Phi) is 5.53. The van der Waals surface area contributed by atoms with Crippen LogP contribution in [0, 0.1) is 11.8 Å². The van der Waals surface area contributed by atoms with E-state index in [0.717, 1.165) is 51.0 Å². The molecule has 3 aliphatic rings. The van der Waals surface area contributed by atoms with Gasteiger partial charge < -0.3 is 10.2 Å². The van der Waals surface area contributed by atoms with Crippen molar-refractivity contribution in [2.45, 2.75) is 37.0 Å². The molecule has 27 heavy (non-hydrogen) atoms. The van der Waals surface area contributed by atoms with E-state index in [1.807, 2.05) is 17.0 Å². The Labute approximate surface area is 162 Å². The summed E-state index contributed by atoms with van der Waals surface area (Å²) in [5.74, 6) is 1.45. The second-order valence-corrected chi connectivity index (χ2v) is 10.0. The van der Waals surface area contributed by atoms with Crippen LogP contribution in [-0.4, -0.2) is 62.8 Å². The molecule has 3 saturated heterocycles. The zero-order chi connectivity index (χ0) is 18.9. The molecule has 1 aromatic rings. The lowest BCUT2D eigenvalue weighted by Gasteiger charge is -2.25. The molecule has 1 amide bonds. The second-order valence-electron chi connectivity index (χ2n) is 8.09. The molecule has 0 spiro atoms. The van der Waals surface area contributed by atoms with E-state index in [9.17, 15) is 13.2 Å². The van der Waals surface area contributed by atoms with Crippen LogP contribution in [0.25, 0.3) is 0 Å². The zero-order valence-corrected chi connectivity index (χ0v) is 16.6. The molecule has 3 heterocycles. The highest BCUT2D eigenvalue weighted by Gasteiger charge is 2.37. The van der Waals surface area contributed by atoms with Crippen LogP contribution in [0.5, 0.6) is 0 Å².